The number of nitrogens with one attached hydrogen (secondary N) is 1. The summed E-state index contributed by atoms with van der Waals surface area (Å²) >= 11 is 0. The number of methoxy groups -OCH3 is 1. The van der Waals surface area contributed by atoms with E-state index in [1.165, 1.54) is 11.4 Å². The van der Waals surface area contributed by atoms with Crippen molar-refractivity contribution in [2.45, 2.75) is 11.2 Å². The smallest absolute Gasteiger partial charge is 0.247 e. The average Bonchev–Trinajstić information content (AvgIpc) is 3.11. The number of benzene rings is 1. The topological polar surface area (TPSA) is 75.7 Å². The molecular formula is C13H16N2O4S. The van der Waals surface area contributed by atoms with Gasteiger partial charge in [-0.15, -0.1) is 0 Å². The van der Waals surface area contributed by atoms with Crippen molar-refractivity contribution in [3.05, 3.63) is 24.3 Å². The summed E-state index contributed by atoms with van der Waals surface area (Å²) in [7, 11) is -0.451. The van der Waals surface area contributed by atoms with Crippen LogP contribution in [0.5, 0.6) is 5.75 Å². The first-order valence-electron chi connectivity index (χ1n) is 6.33. The van der Waals surface area contributed by atoms with Crippen molar-refractivity contribution in [2.24, 2.45) is 5.92 Å². The number of hydrogen-bond donors (Lipinski definition) is 1. The number of ether oxygens (including phenoxy) is 1. The second-order valence-electron chi connectivity index (χ2n) is 5.26. The lowest BCUT2D eigenvalue weighted by molar-refractivity contribution is -0.116. The van der Waals surface area contributed by atoms with Crippen LogP contribution in [-0.2, 0) is 14.8 Å². The second kappa shape index (κ2) is 4.20. The molecule has 2 atom stereocenters. The highest BCUT2D eigenvalue weighted by Gasteiger charge is 2.74. The van der Waals surface area contributed by atoms with Crippen LogP contribution in [0, 0.1) is 5.92 Å². The Balaban J connectivity index is 1.81. The summed E-state index contributed by atoms with van der Waals surface area (Å²) in [6, 6.07) is 6.81. The van der Waals surface area contributed by atoms with Gasteiger partial charge in [0.1, 0.15) is 5.75 Å². The fraction of sp³-hybridized carbons (Fsp3) is 0.462. The Bertz CT molecular complexity index is 655. The number of fused-ring (bicyclic) bond motifs is 1. The molecule has 1 aliphatic heterocycles. The minimum Gasteiger partial charge on any atom is -0.497 e. The summed E-state index contributed by atoms with van der Waals surface area (Å²) in [5.74, 6) is 0.159. The molecule has 1 aromatic carbocycles. The van der Waals surface area contributed by atoms with Gasteiger partial charge < -0.3 is 10.1 Å². The van der Waals surface area contributed by atoms with Gasteiger partial charge in [-0.1, -0.05) is 0 Å². The Morgan fingerprint density at radius 2 is 2.05 bits per heavy atom. The summed E-state index contributed by atoms with van der Waals surface area (Å²) in [6.07, 6.45) is 0.418. The van der Waals surface area contributed by atoms with Crippen LogP contribution in [0.3, 0.4) is 0 Å². The maximum atomic E-state index is 12.3. The molecule has 6 nitrogen and oxygen atoms in total. The number of rotatable bonds is 3. The molecule has 1 amide bonds. The standard InChI is InChI=1S/C13H16N2O4S/c1-15-8-9-7-13(9,20(15,17)18)12(16)14-10-3-5-11(19-2)6-4-10/h3-6,9H,7-8H2,1-2H3,(H,14,16). The van der Waals surface area contributed by atoms with E-state index in [2.05, 4.69) is 5.32 Å². The molecule has 2 aliphatic rings. The summed E-state index contributed by atoms with van der Waals surface area (Å²) in [4.78, 5) is 12.3. The minimum absolute atomic E-state index is 0.0873. The fourth-order valence-corrected chi connectivity index (χ4v) is 4.95. The molecule has 1 aliphatic carbocycles. The molecule has 1 saturated heterocycles. The molecule has 0 bridgehead atoms. The molecule has 0 spiro atoms. The zero-order valence-corrected chi connectivity index (χ0v) is 12.1. The van der Waals surface area contributed by atoms with E-state index >= 15 is 0 Å². The van der Waals surface area contributed by atoms with Crippen molar-refractivity contribution in [1.82, 2.24) is 4.31 Å². The molecule has 1 N–H and O–H groups in total. The van der Waals surface area contributed by atoms with E-state index in [0.717, 1.165) is 0 Å². The van der Waals surface area contributed by atoms with Crippen molar-refractivity contribution < 1.29 is 17.9 Å². The van der Waals surface area contributed by atoms with Crippen LogP contribution in [-0.4, -0.2) is 44.1 Å². The Hall–Kier alpha value is -1.60. The van der Waals surface area contributed by atoms with Gasteiger partial charge in [-0.2, -0.15) is 0 Å². The van der Waals surface area contributed by atoms with Gasteiger partial charge in [-0.3, -0.25) is 4.79 Å². The van der Waals surface area contributed by atoms with Gasteiger partial charge >= 0.3 is 0 Å². The third-order valence-corrected chi connectivity index (χ3v) is 6.71. The zero-order chi connectivity index (χ0) is 14.5. The van der Waals surface area contributed by atoms with E-state index in [9.17, 15) is 13.2 Å². The Morgan fingerprint density at radius 3 is 2.55 bits per heavy atom. The fourth-order valence-electron chi connectivity index (χ4n) is 2.83. The number of carbonyl (C=O) groups excluding carboxylic acids is 1. The maximum absolute atomic E-state index is 12.3. The SMILES string of the molecule is COc1ccc(NC(=O)C23CC2CN(C)S3(=O)=O)cc1. The third kappa shape index (κ3) is 1.66. The van der Waals surface area contributed by atoms with Crippen LogP contribution in [0.4, 0.5) is 5.69 Å². The van der Waals surface area contributed by atoms with Crippen LogP contribution in [0.2, 0.25) is 0 Å². The number of hydrogen-bond acceptors (Lipinski definition) is 4. The summed E-state index contributed by atoms with van der Waals surface area (Å²) < 4.78 is 29.5. The van der Waals surface area contributed by atoms with E-state index in [4.69, 9.17) is 4.74 Å². The lowest BCUT2D eigenvalue weighted by Gasteiger charge is -2.17. The van der Waals surface area contributed by atoms with Crippen molar-refractivity contribution in [3.8, 4) is 5.75 Å². The lowest BCUT2D eigenvalue weighted by atomic mass is 10.2. The van der Waals surface area contributed by atoms with Crippen LogP contribution in [0.15, 0.2) is 24.3 Å². The summed E-state index contributed by atoms with van der Waals surface area (Å²) in [5.41, 5.74) is 0.570. The molecule has 2 fully saturated rings. The predicted octanol–water partition coefficient (Wildman–Crippen LogP) is 0.668. The Kier molecular flexibility index (Phi) is 2.81. The van der Waals surface area contributed by atoms with Crippen LogP contribution in [0.25, 0.3) is 0 Å². The van der Waals surface area contributed by atoms with E-state index in [-0.39, 0.29) is 5.92 Å². The van der Waals surface area contributed by atoms with Gasteiger partial charge in [0.05, 0.1) is 7.11 Å². The van der Waals surface area contributed by atoms with Gasteiger partial charge in [0.15, 0.2) is 4.75 Å². The second-order valence-corrected chi connectivity index (χ2v) is 7.56. The molecule has 20 heavy (non-hydrogen) atoms. The molecule has 2 unspecified atom stereocenters. The van der Waals surface area contributed by atoms with E-state index in [1.807, 2.05) is 0 Å². The number of carbonyl (C=O) groups is 1. The highest BCUT2D eigenvalue weighted by atomic mass is 32.2. The molecule has 1 saturated carbocycles. The number of nitrogens with zero attached hydrogens (tertiary/aromatic N) is 1. The first kappa shape index (κ1) is 13.4. The maximum Gasteiger partial charge on any atom is 0.247 e. The minimum atomic E-state index is -3.53. The van der Waals surface area contributed by atoms with E-state index in [0.29, 0.717) is 24.4 Å². The lowest BCUT2D eigenvalue weighted by Crippen LogP contribution is -2.40. The molecule has 0 radical (unpaired) electrons. The van der Waals surface area contributed by atoms with Gasteiger partial charge in [-0.25, -0.2) is 12.7 Å². The van der Waals surface area contributed by atoms with Crippen molar-refractivity contribution >= 4 is 21.6 Å². The first-order valence-corrected chi connectivity index (χ1v) is 7.77. The van der Waals surface area contributed by atoms with Gasteiger partial charge in [0.25, 0.3) is 0 Å². The molecule has 1 heterocycles. The molecule has 108 valence electrons. The van der Waals surface area contributed by atoms with Gasteiger partial charge in [0.2, 0.25) is 15.9 Å². The van der Waals surface area contributed by atoms with Gasteiger partial charge in [0, 0.05) is 25.2 Å². The molecule has 3 rings (SSSR count). The highest BCUT2D eigenvalue weighted by molar-refractivity contribution is 7.92. The monoisotopic (exact) mass is 296 g/mol. The first-order chi connectivity index (χ1) is 9.41. The summed E-state index contributed by atoms with van der Waals surface area (Å²) in [5, 5.41) is 2.69. The molecule has 7 heteroatoms. The highest BCUT2D eigenvalue weighted by Crippen LogP contribution is 2.57. The number of sulfonamides is 1. The van der Waals surface area contributed by atoms with E-state index in [1.54, 1.807) is 31.4 Å². The Morgan fingerprint density at radius 1 is 1.40 bits per heavy atom. The third-order valence-electron chi connectivity index (χ3n) is 4.13. The quantitative estimate of drug-likeness (QED) is 0.889. The van der Waals surface area contributed by atoms with Crippen LogP contribution >= 0.6 is 0 Å². The average molecular weight is 296 g/mol. The van der Waals surface area contributed by atoms with Crippen molar-refractivity contribution in [3.63, 3.8) is 0 Å². The number of anilines is 1. The normalized spacial score (nSPS) is 30.6. The Labute approximate surface area is 117 Å². The molecule has 0 aromatic heterocycles. The largest absolute Gasteiger partial charge is 0.497 e. The number of amides is 1. The molecule has 1 aromatic rings. The van der Waals surface area contributed by atoms with Crippen LogP contribution in [0.1, 0.15) is 6.42 Å². The zero-order valence-electron chi connectivity index (χ0n) is 11.3. The van der Waals surface area contributed by atoms with Crippen molar-refractivity contribution in [1.29, 1.82) is 0 Å². The van der Waals surface area contributed by atoms with Crippen molar-refractivity contribution in [2.75, 3.05) is 26.0 Å². The molecular weight excluding hydrogens is 280 g/mol. The van der Waals surface area contributed by atoms with Gasteiger partial charge in [-0.05, 0) is 30.7 Å². The predicted molar refractivity (Wildman–Crippen MR) is 74.0 cm³/mol. The van der Waals surface area contributed by atoms with Crippen LogP contribution < -0.4 is 10.1 Å². The van der Waals surface area contributed by atoms with E-state index < -0.39 is 20.7 Å². The summed E-state index contributed by atoms with van der Waals surface area (Å²) in [6.45, 7) is 0.429.